The summed E-state index contributed by atoms with van der Waals surface area (Å²) in [6, 6.07) is 3.34. The summed E-state index contributed by atoms with van der Waals surface area (Å²) in [4.78, 5) is 25.4. The van der Waals surface area contributed by atoms with E-state index in [1.807, 2.05) is 5.48 Å². The van der Waals surface area contributed by atoms with Crippen LogP contribution >= 0.6 is 0 Å². The van der Waals surface area contributed by atoms with Crippen LogP contribution < -0.4 is 5.48 Å². The molecule has 0 amide bonds. The van der Waals surface area contributed by atoms with Gasteiger partial charge in [0.1, 0.15) is 0 Å². The van der Waals surface area contributed by atoms with Crippen molar-refractivity contribution in [1.29, 1.82) is 0 Å². The molecular weight excluding hydrogens is 231 g/mol. The molecule has 1 rings (SSSR count). The van der Waals surface area contributed by atoms with E-state index in [1.165, 1.54) is 6.07 Å². The number of nitro benzene ring substituents is 1. The highest BCUT2D eigenvalue weighted by Gasteiger charge is 2.18. The van der Waals surface area contributed by atoms with Crippen LogP contribution in [0.2, 0.25) is 0 Å². The predicted molar refractivity (Wildman–Crippen MR) is 57.7 cm³/mol. The van der Waals surface area contributed by atoms with Crippen molar-refractivity contribution in [2.24, 2.45) is 0 Å². The van der Waals surface area contributed by atoms with E-state index in [4.69, 9.17) is 0 Å². The molecule has 0 atom stereocenters. The summed E-state index contributed by atoms with van der Waals surface area (Å²) >= 11 is 0. The van der Waals surface area contributed by atoms with Crippen molar-refractivity contribution in [1.82, 2.24) is 0 Å². The average molecular weight is 242 g/mol. The molecule has 0 unspecified atom stereocenters. The highest BCUT2D eigenvalue weighted by Crippen LogP contribution is 2.26. The Bertz CT molecular complexity index is 436. The molecule has 1 aromatic rings. The third-order valence-electron chi connectivity index (χ3n) is 1.91. The zero-order chi connectivity index (χ0) is 12.8. The molecule has 0 aliphatic heterocycles. The Balaban J connectivity index is 2.82. The van der Waals surface area contributed by atoms with Crippen LogP contribution in [0, 0.1) is 15.9 Å². The lowest BCUT2D eigenvalue weighted by molar-refractivity contribution is -0.384. The molecule has 0 aromatic heterocycles. The number of hydrogen-bond donors (Lipinski definition) is 1. The number of carbonyl (C=O) groups excluding carboxylic acids is 1. The van der Waals surface area contributed by atoms with E-state index in [1.54, 1.807) is 6.92 Å². The van der Waals surface area contributed by atoms with Crippen LogP contribution in [0.3, 0.4) is 0 Å². The van der Waals surface area contributed by atoms with Crippen LogP contribution in [-0.4, -0.2) is 10.9 Å². The molecule has 0 radical (unpaired) electrons. The van der Waals surface area contributed by atoms with E-state index in [0.717, 1.165) is 12.1 Å². The van der Waals surface area contributed by atoms with Crippen LogP contribution in [0.5, 0.6) is 0 Å². The minimum Gasteiger partial charge on any atom is -0.343 e. The second-order valence-electron chi connectivity index (χ2n) is 3.22. The fourth-order valence-electron chi connectivity index (χ4n) is 1.13. The van der Waals surface area contributed by atoms with Crippen LogP contribution in [-0.2, 0) is 9.63 Å². The third-order valence-corrected chi connectivity index (χ3v) is 1.91. The lowest BCUT2D eigenvalue weighted by atomic mass is 10.2. The number of hydrogen-bond acceptors (Lipinski definition) is 5. The summed E-state index contributed by atoms with van der Waals surface area (Å²) in [7, 11) is 0. The molecule has 0 spiro atoms. The smallest absolute Gasteiger partial charge is 0.332 e. The Morgan fingerprint density at radius 3 is 2.88 bits per heavy atom. The van der Waals surface area contributed by atoms with Gasteiger partial charge in [0.05, 0.1) is 4.92 Å². The van der Waals surface area contributed by atoms with Crippen molar-refractivity contribution in [2.45, 2.75) is 19.8 Å². The quantitative estimate of drug-likeness (QED) is 0.633. The van der Waals surface area contributed by atoms with Gasteiger partial charge in [-0.3, -0.25) is 10.1 Å². The Morgan fingerprint density at radius 1 is 1.59 bits per heavy atom. The number of benzene rings is 1. The number of nitro groups is 1. The molecule has 1 N–H and O–H groups in total. The maximum absolute atomic E-state index is 13.3. The lowest BCUT2D eigenvalue weighted by Gasteiger charge is -2.07. The van der Waals surface area contributed by atoms with Crippen molar-refractivity contribution < 1.29 is 18.9 Å². The van der Waals surface area contributed by atoms with E-state index in [-0.39, 0.29) is 6.42 Å². The molecule has 0 fully saturated rings. The van der Waals surface area contributed by atoms with E-state index in [9.17, 15) is 19.3 Å². The summed E-state index contributed by atoms with van der Waals surface area (Å²) in [5, 5.41) is 10.6. The first-order valence-electron chi connectivity index (χ1n) is 4.94. The van der Waals surface area contributed by atoms with Crippen LogP contribution in [0.4, 0.5) is 15.8 Å². The van der Waals surface area contributed by atoms with Gasteiger partial charge in [-0.15, -0.1) is 0 Å². The SMILES string of the molecule is CCCC(=O)ONc1c(F)cccc1[N+](=O)[O-]. The highest BCUT2D eigenvalue weighted by molar-refractivity contribution is 5.71. The van der Waals surface area contributed by atoms with Gasteiger partial charge >= 0.3 is 5.97 Å². The summed E-state index contributed by atoms with van der Waals surface area (Å²) < 4.78 is 13.3. The van der Waals surface area contributed by atoms with Crippen LogP contribution in [0.1, 0.15) is 19.8 Å². The normalized spacial score (nSPS) is 9.76. The Hall–Kier alpha value is -2.18. The molecule has 0 bridgehead atoms. The summed E-state index contributed by atoms with van der Waals surface area (Å²) in [5.74, 6) is -1.46. The Morgan fingerprint density at radius 2 is 2.29 bits per heavy atom. The maximum Gasteiger partial charge on any atom is 0.332 e. The second-order valence-corrected chi connectivity index (χ2v) is 3.22. The summed E-state index contributed by atoms with van der Waals surface area (Å²) in [6.07, 6.45) is 0.717. The van der Waals surface area contributed by atoms with Crippen LogP contribution in [0.15, 0.2) is 18.2 Å². The molecule has 0 aliphatic carbocycles. The average Bonchev–Trinajstić information content (AvgIpc) is 2.27. The number of carbonyl (C=O) groups is 1. The van der Waals surface area contributed by atoms with Crippen molar-refractivity contribution in [3.8, 4) is 0 Å². The number of rotatable bonds is 5. The van der Waals surface area contributed by atoms with Crippen molar-refractivity contribution in [3.05, 3.63) is 34.1 Å². The van der Waals surface area contributed by atoms with Crippen molar-refractivity contribution >= 4 is 17.3 Å². The van der Waals surface area contributed by atoms with E-state index >= 15 is 0 Å². The Kier molecular flexibility index (Phi) is 4.38. The monoisotopic (exact) mass is 242 g/mol. The van der Waals surface area contributed by atoms with Gasteiger partial charge in [0.2, 0.25) is 0 Å². The minimum atomic E-state index is -0.858. The topological polar surface area (TPSA) is 81.5 Å². The molecule has 7 heteroatoms. The highest BCUT2D eigenvalue weighted by atomic mass is 19.1. The van der Waals surface area contributed by atoms with E-state index in [2.05, 4.69) is 4.84 Å². The van der Waals surface area contributed by atoms with E-state index < -0.39 is 28.1 Å². The van der Waals surface area contributed by atoms with Gasteiger partial charge in [-0.05, 0) is 12.5 Å². The van der Waals surface area contributed by atoms with Gasteiger partial charge in [-0.1, -0.05) is 13.0 Å². The Labute approximate surface area is 96.5 Å². The molecular formula is C10H11FN2O4. The van der Waals surface area contributed by atoms with Crippen molar-refractivity contribution in [3.63, 3.8) is 0 Å². The van der Waals surface area contributed by atoms with Gasteiger partial charge in [0.15, 0.2) is 11.5 Å². The lowest BCUT2D eigenvalue weighted by Crippen LogP contribution is -2.12. The van der Waals surface area contributed by atoms with Crippen molar-refractivity contribution in [2.75, 3.05) is 5.48 Å². The standard InChI is InChI=1S/C10H11FN2O4/c1-2-4-9(14)17-12-10-7(11)5-3-6-8(10)13(15)16/h3,5-6,12H,2,4H2,1H3. The second kappa shape index (κ2) is 5.78. The van der Waals surface area contributed by atoms with Gasteiger partial charge in [-0.25, -0.2) is 14.7 Å². The van der Waals surface area contributed by atoms with Gasteiger partial charge in [0, 0.05) is 12.5 Å². The molecule has 17 heavy (non-hydrogen) atoms. The van der Waals surface area contributed by atoms with Gasteiger partial charge in [-0.2, -0.15) is 0 Å². The molecule has 1 aromatic carbocycles. The molecule has 92 valence electrons. The molecule has 6 nitrogen and oxygen atoms in total. The number of para-hydroxylation sites is 1. The van der Waals surface area contributed by atoms with E-state index in [0.29, 0.717) is 6.42 Å². The van der Waals surface area contributed by atoms with Gasteiger partial charge in [0.25, 0.3) is 5.69 Å². The molecule has 0 saturated carbocycles. The number of nitrogens with one attached hydrogen (secondary N) is 1. The molecule has 0 aliphatic rings. The number of halogens is 1. The zero-order valence-electron chi connectivity index (χ0n) is 9.10. The summed E-state index contributed by atoms with van der Waals surface area (Å²) in [5.41, 5.74) is 1.03. The molecule has 0 heterocycles. The first-order valence-corrected chi connectivity index (χ1v) is 4.94. The van der Waals surface area contributed by atoms with Gasteiger partial charge < -0.3 is 4.84 Å². The number of anilines is 1. The van der Waals surface area contributed by atoms with Crippen LogP contribution in [0.25, 0.3) is 0 Å². The molecule has 0 saturated heterocycles. The largest absolute Gasteiger partial charge is 0.343 e. The zero-order valence-corrected chi connectivity index (χ0v) is 9.10. The first-order chi connectivity index (χ1) is 8.06. The fourth-order valence-corrected chi connectivity index (χ4v) is 1.13. The summed E-state index contributed by atoms with van der Waals surface area (Å²) in [6.45, 7) is 1.77. The first kappa shape index (κ1) is 12.9. The fraction of sp³-hybridized carbons (Fsp3) is 0.300. The third kappa shape index (κ3) is 3.40. The maximum atomic E-state index is 13.3. The predicted octanol–water partition coefficient (Wildman–Crippen LogP) is 2.40. The number of nitrogens with zero attached hydrogens (tertiary/aromatic N) is 1. The minimum absolute atomic E-state index is 0.148.